The number of nitrogens with two attached hydrogens (primary N) is 1. The number of rotatable bonds is 2. The van der Waals surface area contributed by atoms with Crippen LogP contribution in [0.1, 0.15) is 25.1 Å². The van der Waals surface area contributed by atoms with Crippen LogP contribution in [0.2, 0.25) is 0 Å². The van der Waals surface area contributed by atoms with Crippen molar-refractivity contribution in [2.75, 3.05) is 10.6 Å². The molecule has 1 aliphatic rings. The van der Waals surface area contributed by atoms with Crippen molar-refractivity contribution < 1.29 is 0 Å². The van der Waals surface area contributed by atoms with E-state index in [2.05, 4.69) is 48.1 Å². The first-order valence-electron chi connectivity index (χ1n) is 6.82. The molecule has 4 heteroatoms. The fourth-order valence-electron chi connectivity index (χ4n) is 3.02. The molecular weight excluding hydrogens is 236 g/mol. The maximum absolute atomic E-state index is 6.29. The molecule has 0 fully saturated rings. The number of aryl methyl sites for hydroxylation is 2. The SMILES string of the molecule is CCc1nn(C)c(N2c3ccccc3CC2C)c1N. The van der Waals surface area contributed by atoms with E-state index in [1.165, 1.54) is 11.3 Å². The molecule has 2 heterocycles. The molecule has 100 valence electrons. The first-order valence-corrected chi connectivity index (χ1v) is 6.82. The molecule has 4 nitrogen and oxygen atoms in total. The molecule has 0 saturated carbocycles. The highest BCUT2D eigenvalue weighted by atomic mass is 15.4. The Kier molecular flexibility index (Phi) is 2.73. The first-order chi connectivity index (χ1) is 9.13. The number of benzene rings is 1. The summed E-state index contributed by atoms with van der Waals surface area (Å²) < 4.78 is 1.91. The second-order valence-corrected chi connectivity index (χ2v) is 5.21. The van der Waals surface area contributed by atoms with E-state index in [0.29, 0.717) is 6.04 Å². The van der Waals surface area contributed by atoms with Crippen molar-refractivity contribution in [3.63, 3.8) is 0 Å². The molecular formula is C15H20N4. The summed E-state index contributed by atoms with van der Waals surface area (Å²) in [7, 11) is 1.97. The van der Waals surface area contributed by atoms with Gasteiger partial charge >= 0.3 is 0 Å². The lowest BCUT2D eigenvalue weighted by Gasteiger charge is -2.25. The molecule has 1 aromatic carbocycles. The van der Waals surface area contributed by atoms with Crippen LogP contribution in [0.4, 0.5) is 17.2 Å². The van der Waals surface area contributed by atoms with Crippen LogP contribution in [0.5, 0.6) is 0 Å². The molecule has 1 aromatic heterocycles. The highest BCUT2D eigenvalue weighted by molar-refractivity contribution is 5.77. The van der Waals surface area contributed by atoms with Crippen LogP contribution in [-0.2, 0) is 19.9 Å². The zero-order chi connectivity index (χ0) is 13.6. The molecule has 0 aliphatic carbocycles. The van der Waals surface area contributed by atoms with Gasteiger partial charge in [-0.3, -0.25) is 4.68 Å². The van der Waals surface area contributed by atoms with E-state index >= 15 is 0 Å². The first kappa shape index (κ1) is 12.1. The topological polar surface area (TPSA) is 47.1 Å². The summed E-state index contributed by atoms with van der Waals surface area (Å²) in [6.07, 6.45) is 1.92. The third-order valence-corrected chi connectivity index (χ3v) is 3.90. The number of hydrogen-bond donors (Lipinski definition) is 1. The van der Waals surface area contributed by atoms with E-state index in [0.717, 1.165) is 30.0 Å². The Morgan fingerprint density at radius 1 is 1.37 bits per heavy atom. The Labute approximate surface area is 113 Å². The highest BCUT2D eigenvalue weighted by Crippen LogP contribution is 2.41. The Bertz CT molecular complexity index is 615. The molecule has 19 heavy (non-hydrogen) atoms. The van der Waals surface area contributed by atoms with Gasteiger partial charge in [0.15, 0.2) is 5.82 Å². The van der Waals surface area contributed by atoms with E-state index in [1.54, 1.807) is 0 Å². The van der Waals surface area contributed by atoms with Crippen LogP contribution in [0, 0.1) is 0 Å². The van der Waals surface area contributed by atoms with E-state index in [4.69, 9.17) is 5.73 Å². The number of aromatic nitrogens is 2. The molecule has 0 radical (unpaired) electrons. The molecule has 2 N–H and O–H groups in total. The number of fused-ring (bicyclic) bond motifs is 1. The number of anilines is 3. The molecule has 1 atom stereocenters. The summed E-state index contributed by atoms with van der Waals surface area (Å²) in [4.78, 5) is 2.32. The van der Waals surface area contributed by atoms with Crippen LogP contribution in [-0.4, -0.2) is 15.8 Å². The molecule has 2 aromatic rings. The molecule has 3 rings (SSSR count). The van der Waals surface area contributed by atoms with Crippen LogP contribution in [0.15, 0.2) is 24.3 Å². The minimum atomic E-state index is 0.416. The molecule has 0 bridgehead atoms. The van der Waals surface area contributed by atoms with Crippen LogP contribution < -0.4 is 10.6 Å². The number of para-hydroxylation sites is 1. The minimum Gasteiger partial charge on any atom is -0.394 e. The predicted molar refractivity (Wildman–Crippen MR) is 78.7 cm³/mol. The monoisotopic (exact) mass is 256 g/mol. The van der Waals surface area contributed by atoms with Gasteiger partial charge in [0, 0.05) is 18.8 Å². The second kappa shape index (κ2) is 4.30. The molecule has 0 spiro atoms. The van der Waals surface area contributed by atoms with Gasteiger partial charge < -0.3 is 10.6 Å². The van der Waals surface area contributed by atoms with E-state index in [9.17, 15) is 0 Å². The molecule has 1 unspecified atom stereocenters. The third-order valence-electron chi connectivity index (χ3n) is 3.90. The average Bonchev–Trinajstić information content (AvgIpc) is 2.86. The zero-order valence-electron chi connectivity index (χ0n) is 11.7. The van der Waals surface area contributed by atoms with E-state index in [-0.39, 0.29) is 0 Å². The van der Waals surface area contributed by atoms with Gasteiger partial charge in [0.2, 0.25) is 0 Å². The van der Waals surface area contributed by atoms with Crippen molar-refractivity contribution >= 4 is 17.2 Å². The summed E-state index contributed by atoms with van der Waals surface area (Å²) in [5, 5.41) is 4.53. The quantitative estimate of drug-likeness (QED) is 0.898. The fraction of sp³-hybridized carbons (Fsp3) is 0.400. The molecule has 1 aliphatic heterocycles. The predicted octanol–water partition coefficient (Wildman–Crippen LogP) is 2.65. The lowest BCUT2D eigenvalue weighted by molar-refractivity contribution is 0.691. The van der Waals surface area contributed by atoms with Gasteiger partial charge in [-0.1, -0.05) is 25.1 Å². The maximum atomic E-state index is 6.29. The van der Waals surface area contributed by atoms with Crippen molar-refractivity contribution in [1.82, 2.24) is 9.78 Å². The number of nitrogen functional groups attached to an aromatic ring is 1. The minimum absolute atomic E-state index is 0.416. The van der Waals surface area contributed by atoms with Crippen molar-refractivity contribution in [2.45, 2.75) is 32.7 Å². The van der Waals surface area contributed by atoms with Crippen molar-refractivity contribution in [3.05, 3.63) is 35.5 Å². The Hall–Kier alpha value is -1.97. The molecule has 0 saturated heterocycles. The van der Waals surface area contributed by atoms with Crippen molar-refractivity contribution in [3.8, 4) is 0 Å². The van der Waals surface area contributed by atoms with Gasteiger partial charge in [-0.05, 0) is 31.4 Å². The van der Waals surface area contributed by atoms with Gasteiger partial charge in [0.1, 0.15) is 0 Å². The van der Waals surface area contributed by atoms with Gasteiger partial charge in [-0.2, -0.15) is 5.10 Å². The number of nitrogens with zero attached hydrogens (tertiary/aromatic N) is 3. The number of hydrogen-bond acceptors (Lipinski definition) is 3. The summed E-state index contributed by atoms with van der Waals surface area (Å²) >= 11 is 0. The maximum Gasteiger partial charge on any atom is 0.155 e. The smallest absolute Gasteiger partial charge is 0.155 e. The second-order valence-electron chi connectivity index (χ2n) is 5.21. The summed E-state index contributed by atoms with van der Waals surface area (Å²) in [5.74, 6) is 1.02. The lowest BCUT2D eigenvalue weighted by atomic mass is 10.1. The highest BCUT2D eigenvalue weighted by Gasteiger charge is 2.31. The Morgan fingerprint density at radius 3 is 2.79 bits per heavy atom. The molecule has 0 amide bonds. The Balaban J connectivity index is 2.15. The third kappa shape index (κ3) is 1.70. The van der Waals surface area contributed by atoms with E-state index in [1.807, 2.05) is 11.7 Å². The summed E-state index contributed by atoms with van der Waals surface area (Å²) in [6.45, 7) is 4.32. The average molecular weight is 256 g/mol. The summed E-state index contributed by atoms with van der Waals surface area (Å²) in [5.41, 5.74) is 10.7. The van der Waals surface area contributed by atoms with Crippen LogP contribution >= 0.6 is 0 Å². The fourth-order valence-corrected chi connectivity index (χ4v) is 3.02. The van der Waals surface area contributed by atoms with Gasteiger partial charge in [0.05, 0.1) is 11.4 Å². The van der Waals surface area contributed by atoms with Crippen LogP contribution in [0.25, 0.3) is 0 Å². The van der Waals surface area contributed by atoms with Crippen LogP contribution in [0.3, 0.4) is 0 Å². The Morgan fingerprint density at radius 2 is 2.11 bits per heavy atom. The van der Waals surface area contributed by atoms with Crippen molar-refractivity contribution in [1.29, 1.82) is 0 Å². The van der Waals surface area contributed by atoms with Gasteiger partial charge in [-0.25, -0.2) is 0 Å². The zero-order valence-corrected chi connectivity index (χ0v) is 11.7. The van der Waals surface area contributed by atoms with Gasteiger partial charge in [0.25, 0.3) is 0 Å². The van der Waals surface area contributed by atoms with E-state index < -0.39 is 0 Å². The summed E-state index contributed by atoms with van der Waals surface area (Å²) in [6, 6.07) is 8.95. The van der Waals surface area contributed by atoms with Gasteiger partial charge in [-0.15, -0.1) is 0 Å². The van der Waals surface area contributed by atoms with Crippen molar-refractivity contribution in [2.24, 2.45) is 7.05 Å². The normalized spacial score (nSPS) is 17.8. The largest absolute Gasteiger partial charge is 0.394 e. The standard InChI is InChI=1S/C15H20N4/c1-4-12-14(16)15(18(3)17-12)19-10(2)9-11-7-5-6-8-13(11)19/h5-8,10H,4,9,16H2,1-3H3. The lowest BCUT2D eigenvalue weighted by Crippen LogP contribution is -2.26.